The van der Waals surface area contributed by atoms with E-state index >= 15 is 0 Å². The first-order chi connectivity index (χ1) is 13.9. The van der Waals surface area contributed by atoms with E-state index < -0.39 is 0 Å². The van der Waals surface area contributed by atoms with Crippen molar-refractivity contribution in [3.05, 3.63) is 69.6 Å². The SMILES string of the molecule is C[C@@H]1CN(COc2ccc(Br)cc2C=O)[C@@H](C)C(=C=O)N1Cc1ccc(F)cc1. The minimum absolute atomic E-state index is 0.0340. The number of nitrogens with zero attached hydrogens (tertiary/aromatic N) is 2. The highest BCUT2D eigenvalue weighted by atomic mass is 79.9. The predicted molar refractivity (Wildman–Crippen MR) is 112 cm³/mol. The highest BCUT2D eigenvalue weighted by Gasteiger charge is 2.34. The number of rotatable bonds is 6. The highest BCUT2D eigenvalue weighted by molar-refractivity contribution is 9.10. The highest BCUT2D eigenvalue weighted by Crippen LogP contribution is 2.27. The Bertz CT molecular complexity index is 928. The van der Waals surface area contributed by atoms with Gasteiger partial charge in [0.05, 0.1) is 11.6 Å². The molecule has 1 fully saturated rings. The molecule has 1 aliphatic heterocycles. The maximum atomic E-state index is 13.2. The Morgan fingerprint density at radius 3 is 2.62 bits per heavy atom. The molecule has 0 bridgehead atoms. The van der Waals surface area contributed by atoms with Crippen molar-refractivity contribution in [3.63, 3.8) is 0 Å². The smallest absolute Gasteiger partial charge is 0.153 e. The lowest BCUT2D eigenvalue weighted by atomic mass is 10.0. The van der Waals surface area contributed by atoms with Crippen LogP contribution in [-0.4, -0.2) is 47.4 Å². The van der Waals surface area contributed by atoms with Gasteiger partial charge in [-0.3, -0.25) is 9.69 Å². The quantitative estimate of drug-likeness (QED) is 0.480. The number of carbonyl (C=O) groups excluding carboxylic acids is 2. The Morgan fingerprint density at radius 2 is 1.97 bits per heavy atom. The fraction of sp³-hybridized carbons (Fsp3) is 0.318. The van der Waals surface area contributed by atoms with Crippen LogP contribution in [0.4, 0.5) is 4.39 Å². The molecule has 1 saturated heterocycles. The Labute approximate surface area is 177 Å². The van der Waals surface area contributed by atoms with Gasteiger partial charge in [0.15, 0.2) is 6.29 Å². The summed E-state index contributed by atoms with van der Waals surface area (Å²) in [4.78, 5) is 27.1. The normalized spacial score (nSPS) is 19.7. The predicted octanol–water partition coefficient (Wildman–Crippen LogP) is 4.05. The second-order valence-electron chi connectivity index (χ2n) is 7.11. The minimum Gasteiger partial charge on any atom is -0.477 e. The van der Waals surface area contributed by atoms with Crippen molar-refractivity contribution >= 4 is 28.2 Å². The molecule has 1 aliphatic rings. The maximum Gasteiger partial charge on any atom is 0.153 e. The van der Waals surface area contributed by atoms with E-state index in [1.807, 2.05) is 29.7 Å². The van der Waals surface area contributed by atoms with Crippen LogP contribution < -0.4 is 4.74 Å². The molecular weight excluding hydrogens is 439 g/mol. The van der Waals surface area contributed by atoms with Gasteiger partial charge in [0, 0.05) is 23.6 Å². The Balaban J connectivity index is 1.71. The maximum absolute atomic E-state index is 13.2. The lowest BCUT2D eigenvalue weighted by molar-refractivity contribution is 0.0283. The molecule has 0 amide bonds. The number of hydrogen-bond acceptors (Lipinski definition) is 5. The zero-order valence-corrected chi connectivity index (χ0v) is 17.9. The van der Waals surface area contributed by atoms with Gasteiger partial charge in [-0.05, 0) is 49.7 Å². The number of piperazine rings is 1. The number of benzene rings is 2. The van der Waals surface area contributed by atoms with Crippen molar-refractivity contribution in [1.82, 2.24) is 9.80 Å². The first kappa shape index (κ1) is 21.2. The van der Waals surface area contributed by atoms with Gasteiger partial charge in [-0.1, -0.05) is 28.1 Å². The van der Waals surface area contributed by atoms with Crippen LogP contribution in [0.1, 0.15) is 29.8 Å². The third-order valence-corrected chi connectivity index (χ3v) is 5.63. The number of carbonyl (C=O) groups is 1. The molecular formula is C22H22BrFN2O3. The van der Waals surface area contributed by atoms with Crippen molar-refractivity contribution in [1.29, 1.82) is 0 Å². The summed E-state index contributed by atoms with van der Waals surface area (Å²) in [7, 11) is 0. The summed E-state index contributed by atoms with van der Waals surface area (Å²) >= 11 is 3.34. The lowest BCUT2D eigenvalue weighted by Gasteiger charge is -2.45. The molecule has 0 aromatic heterocycles. The average molecular weight is 461 g/mol. The van der Waals surface area contributed by atoms with E-state index in [-0.39, 0.29) is 24.6 Å². The molecule has 0 aliphatic carbocycles. The third-order valence-electron chi connectivity index (χ3n) is 5.14. The zero-order valence-electron chi connectivity index (χ0n) is 16.3. The average Bonchev–Trinajstić information content (AvgIpc) is 2.71. The molecule has 2 atom stereocenters. The van der Waals surface area contributed by atoms with Gasteiger partial charge in [-0.25, -0.2) is 9.18 Å². The molecule has 0 saturated carbocycles. The Kier molecular flexibility index (Phi) is 6.85. The zero-order chi connectivity index (χ0) is 21.0. The van der Waals surface area contributed by atoms with Crippen LogP contribution in [0, 0.1) is 5.82 Å². The van der Waals surface area contributed by atoms with Crippen LogP contribution in [0.2, 0.25) is 0 Å². The summed E-state index contributed by atoms with van der Waals surface area (Å²) in [5.41, 5.74) is 1.91. The molecule has 5 nitrogen and oxygen atoms in total. The molecule has 1 heterocycles. The standard InChI is InChI=1S/C22H22BrFN2O3/c1-15-10-25(14-29-22-8-5-19(23)9-18(22)12-27)16(2)21(13-28)26(15)11-17-3-6-20(24)7-4-17/h3-9,12,15-16H,10-11,14H2,1-2H3/t15-,16+/m1/s1. The molecule has 2 aromatic rings. The molecule has 29 heavy (non-hydrogen) atoms. The van der Waals surface area contributed by atoms with Crippen LogP contribution in [0.5, 0.6) is 5.75 Å². The fourth-order valence-electron chi connectivity index (χ4n) is 3.48. The summed E-state index contributed by atoms with van der Waals surface area (Å²) in [5, 5.41) is 0. The van der Waals surface area contributed by atoms with Crippen LogP contribution in [0.3, 0.4) is 0 Å². The van der Waals surface area contributed by atoms with E-state index in [1.54, 1.807) is 24.3 Å². The summed E-state index contributed by atoms with van der Waals surface area (Å²) in [5.74, 6) is 2.29. The first-order valence-electron chi connectivity index (χ1n) is 9.30. The molecule has 0 N–H and O–H groups in total. The van der Waals surface area contributed by atoms with Crippen molar-refractivity contribution in [2.24, 2.45) is 0 Å². The van der Waals surface area contributed by atoms with Gasteiger partial charge < -0.3 is 9.64 Å². The molecule has 0 spiro atoms. The van der Waals surface area contributed by atoms with Gasteiger partial charge >= 0.3 is 0 Å². The topological polar surface area (TPSA) is 49.9 Å². The minimum atomic E-state index is -0.286. The van der Waals surface area contributed by atoms with Gasteiger partial charge in [0.25, 0.3) is 0 Å². The second kappa shape index (κ2) is 9.35. The van der Waals surface area contributed by atoms with Crippen LogP contribution in [0.25, 0.3) is 0 Å². The molecule has 2 aromatic carbocycles. The number of hydrogen-bond donors (Lipinski definition) is 0. The van der Waals surface area contributed by atoms with Gasteiger partial charge in [-0.15, -0.1) is 0 Å². The van der Waals surface area contributed by atoms with Gasteiger partial charge in [-0.2, -0.15) is 0 Å². The molecule has 0 radical (unpaired) electrons. The van der Waals surface area contributed by atoms with E-state index in [0.717, 1.165) is 16.3 Å². The summed E-state index contributed by atoms with van der Waals surface area (Å²) in [6.45, 7) is 5.36. The van der Waals surface area contributed by atoms with Crippen molar-refractivity contribution in [2.45, 2.75) is 32.5 Å². The summed E-state index contributed by atoms with van der Waals surface area (Å²) in [6.07, 6.45) is 0.754. The van der Waals surface area contributed by atoms with Gasteiger partial charge in [0.2, 0.25) is 0 Å². The van der Waals surface area contributed by atoms with Crippen LogP contribution in [-0.2, 0) is 11.3 Å². The van der Waals surface area contributed by atoms with E-state index in [2.05, 4.69) is 21.9 Å². The van der Waals surface area contributed by atoms with Crippen molar-refractivity contribution in [3.8, 4) is 5.75 Å². The van der Waals surface area contributed by atoms with Gasteiger partial charge in [0.1, 0.15) is 29.9 Å². The van der Waals surface area contributed by atoms with Crippen molar-refractivity contribution in [2.75, 3.05) is 13.3 Å². The number of aldehydes is 1. The summed E-state index contributed by atoms with van der Waals surface area (Å²) in [6, 6.07) is 11.4. The Hall–Kier alpha value is -2.47. The Morgan fingerprint density at radius 1 is 1.24 bits per heavy atom. The molecule has 3 rings (SSSR count). The first-order valence-corrected chi connectivity index (χ1v) is 10.1. The van der Waals surface area contributed by atoms with Crippen molar-refractivity contribution < 1.29 is 18.7 Å². The number of ether oxygens (including phenoxy) is 1. The largest absolute Gasteiger partial charge is 0.477 e. The van der Waals surface area contributed by atoms with E-state index in [4.69, 9.17) is 4.74 Å². The second-order valence-corrected chi connectivity index (χ2v) is 8.03. The fourth-order valence-corrected chi connectivity index (χ4v) is 3.86. The molecule has 152 valence electrons. The lowest BCUT2D eigenvalue weighted by Crippen LogP contribution is -2.55. The van der Waals surface area contributed by atoms with Crippen LogP contribution >= 0.6 is 15.9 Å². The van der Waals surface area contributed by atoms with E-state index in [9.17, 15) is 14.0 Å². The monoisotopic (exact) mass is 460 g/mol. The van der Waals surface area contributed by atoms with Crippen LogP contribution in [0.15, 0.2) is 52.6 Å². The third kappa shape index (κ3) is 4.93. The summed E-state index contributed by atoms with van der Waals surface area (Å²) < 4.78 is 19.8. The van der Waals surface area contributed by atoms with E-state index in [0.29, 0.717) is 30.1 Å². The number of halogens is 2. The van der Waals surface area contributed by atoms with E-state index in [1.165, 1.54) is 12.1 Å². The molecule has 0 unspecified atom stereocenters. The molecule has 7 heteroatoms.